The lowest BCUT2D eigenvalue weighted by molar-refractivity contribution is -0.124. The monoisotopic (exact) mass is 368 g/mol. The summed E-state index contributed by atoms with van der Waals surface area (Å²) < 4.78 is 0. The molecule has 0 bridgehead atoms. The summed E-state index contributed by atoms with van der Waals surface area (Å²) in [6, 6.07) is 6.87. The fourth-order valence-electron chi connectivity index (χ4n) is 2.57. The predicted molar refractivity (Wildman–Crippen MR) is 103 cm³/mol. The van der Waals surface area contributed by atoms with Crippen molar-refractivity contribution >= 4 is 30.0 Å². The second kappa shape index (κ2) is 9.06. The van der Waals surface area contributed by atoms with Gasteiger partial charge in [-0.3, -0.25) is 4.79 Å². The first-order valence-electron chi connectivity index (χ1n) is 8.45. The molecular formula is C18H29ClN4O2. The third-order valence-corrected chi connectivity index (χ3v) is 4.25. The van der Waals surface area contributed by atoms with Crippen molar-refractivity contribution in [3.8, 4) is 0 Å². The summed E-state index contributed by atoms with van der Waals surface area (Å²) in [6.45, 7) is 7.82. The van der Waals surface area contributed by atoms with Crippen molar-refractivity contribution in [2.45, 2.75) is 46.2 Å². The molecule has 1 saturated heterocycles. The summed E-state index contributed by atoms with van der Waals surface area (Å²) in [7, 11) is 0. The molecule has 1 atom stereocenters. The average molecular weight is 369 g/mol. The average Bonchev–Trinajstić information content (AvgIpc) is 3.06. The maximum Gasteiger partial charge on any atom is 0.321 e. The molecule has 2 rings (SSSR count). The van der Waals surface area contributed by atoms with E-state index in [1.165, 1.54) is 0 Å². The van der Waals surface area contributed by atoms with Gasteiger partial charge in [-0.2, -0.15) is 0 Å². The Kier molecular flexibility index (Phi) is 7.70. The molecule has 0 unspecified atom stereocenters. The number of carbonyl (C=O) groups excluding carboxylic acids is 2. The number of carbonyl (C=O) groups is 2. The Morgan fingerprint density at radius 2 is 1.88 bits per heavy atom. The molecule has 1 fully saturated rings. The summed E-state index contributed by atoms with van der Waals surface area (Å²) >= 11 is 0. The van der Waals surface area contributed by atoms with Crippen LogP contribution >= 0.6 is 12.4 Å². The largest absolute Gasteiger partial charge is 0.351 e. The SMILES string of the molecule is CC(C)(C)[C@H](N)C(=O)NCc1cccc(NC(=O)N2CCCC2)c1.Cl. The van der Waals surface area contributed by atoms with Crippen LogP contribution in [0.15, 0.2) is 24.3 Å². The second-order valence-corrected chi connectivity index (χ2v) is 7.39. The van der Waals surface area contributed by atoms with E-state index in [4.69, 9.17) is 5.73 Å². The minimum atomic E-state index is -0.560. The van der Waals surface area contributed by atoms with E-state index in [0.29, 0.717) is 6.54 Å². The lowest BCUT2D eigenvalue weighted by Crippen LogP contribution is -2.48. The van der Waals surface area contributed by atoms with Gasteiger partial charge < -0.3 is 21.3 Å². The highest BCUT2D eigenvalue weighted by molar-refractivity contribution is 5.89. The Bertz CT molecular complexity index is 595. The van der Waals surface area contributed by atoms with Crippen LogP contribution in [0.4, 0.5) is 10.5 Å². The number of anilines is 1. The van der Waals surface area contributed by atoms with Gasteiger partial charge in [0, 0.05) is 25.3 Å². The van der Waals surface area contributed by atoms with Gasteiger partial charge in [0.15, 0.2) is 0 Å². The van der Waals surface area contributed by atoms with Gasteiger partial charge in [0.2, 0.25) is 5.91 Å². The standard InChI is InChI=1S/C18H28N4O2.ClH/c1-18(2,3)15(19)16(23)20-12-13-7-6-8-14(11-13)21-17(24)22-9-4-5-10-22;/h6-8,11,15H,4-5,9-10,12,19H2,1-3H3,(H,20,23)(H,21,24);1H/t15-;/m1./s1. The molecule has 25 heavy (non-hydrogen) atoms. The van der Waals surface area contributed by atoms with Crippen LogP contribution in [-0.4, -0.2) is 36.0 Å². The highest BCUT2D eigenvalue weighted by Crippen LogP contribution is 2.18. The Hall–Kier alpha value is -1.79. The molecule has 4 N–H and O–H groups in total. The van der Waals surface area contributed by atoms with Crippen LogP contribution in [0.2, 0.25) is 0 Å². The van der Waals surface area contributed by atoms with Crippen LogP contribution in [0.1, 0.15) is 39.2 Å². The van der Waals surface area contributed by atoms with E-state index in [9.17, 15) is 9.59 Å². The zero-order chi connectivity index (χ0) is 17.7. The third-order valence-electron chi connectivity index (χ3n) is 4.25. The van der Waals surface area contributed by atoms with Crippen LogP contribution in [0.25, 0.3) is 0 Å². The van der Waals surface area contributed by atoms with Crippen LogP contribution in [0.5, 0.6) is 0 Å². The number of likely N-dealkylation sites (tertiary alicyclic amines) is 1. The summed E-state index contributed by atoms with van der Waals surface area (Å²) in [4.78, 5) is 26.0. The number of nitrogens with zero attached hydrogens (tertiary/aromatic N) is 1. The van der Waals surface area contributed by atoms with E-state index in [0.717, 1.165) is 37.2 Å². The highest BCUT2D eigenvalue weighted by atomic mass is 35.5. The first-order chi connectivity index (χ1) is 11.3. The molecule has 3 amide bonds. The minimum Gasteiger partial charge on any atom is -0.351 e. The predicted octanol–water partition coefficient (Wildman–Crippen LogP) is 2.73. The third kappa shape index (κ3) is 6.21. The maximum absolute atomic E-state index is 12.1. The van der Waals surface area contributed by atoms with Gasteiger partial charge in [0.1, 0.15) is 0 Å². The van der Waals surface area contributed by atoms with E-state index in [1.54, 1.807) is 0 Å². The highest BCUT2D eigenvalue weighted by Gasteiger charge is 2.27. The lowest BCUT2D eigenvalue weighted by atomic mass is 9.87. The number of rotatable bonds is 4. The van der Waals surface area contributed by atoms with Crippen molar-refractivity contribution in [2.75, 3.05) is 18.4 Å². The Morgan fingerprint density at radius 1 is 1.24 bits per heavy atom. The Balaban J connectivity index is 0.00000312. The van der Waals surface area contributed by atoms with Crippen molar-refractivity contribution in [3.63, 3.8) is 0 Å². The molecule has 0 saturated carbocycles. The molecule has 0 aromatic heterocycles. The second-order valence-electron chi connectivity index (χ2n) is 7.39. The van der Waals surface area contributed by atoms with Crippen LogP contribution in [0, 0.1) is 5.41 Å². The van der Waals surface area contributed by atoms with E-state index in [1.807, 2.05) is 49.9 Å². The number of amides is 3. The molecule has 7 heteroatoms. The molecule has 1 aliphatic rings. The van der Waals surface area contributed by atoms with Gasteiger partial charge in [-0.25, -0.2) is 4.79 Å². The number of nitrogens with one attached hydrogen (secondary N) is 2. The molecule has 140 valence electrons. The van der Waals surface area contributed by atoms with Crippen molar-refractivity contribution in [1.29, 1.82) is 0 Å². The van der Waals surface area contributed by atoms with Crippen LogP contribution in [0.3, 0.4) is 0 Å². The van der Waals surface area contributed by atoms with Gasteiger partial charge in [-0.1, -0.05) is 32.9 Å². The molecule has 1 heterocycles. The van der Waals surface area contributed by atoms with E-state index >= 15 is 0 Å². The van der Waals surface area contributed by atoms with Crippen molar-refractivity contribution in [2.24, 2.45) is 11.1 Å². The number of halogens is 1. The fourth-order valence-corrected chi connectivity index (χ4v) is 2.57. The number of benzene rings is 1. The number of urea groups is 1. The van der Waals surface area contributed by atoms with Gasteiger partial charge >= 0.3 is 6.03 Å². The van der Waals surface area contributed by atoms with Crippen LogP contribution in [-0.2, 0) is 11.3 Å². The maximum atomic E-state index is 12.1. The molecule has 1 aliphatic heterocycles. The smallest absolute Gasteiger partial charge is 0.321 e. The quantitative estimate of drug-likeness (QED) is 0.763. The van der Waals surface area contributed by atoms with Crippen molar-refractivity contribution < 1.29 is 9.59 Å². The number of nitrogens with two attached hydrogens (primary N) is 1. The minimum absolute atomic E-state index is 0. The molecule has 0 radical (unpaired) electrons. The molecular weight excluding hydrogens is 340 g/mol. The number of hydrogen-bond acceptors (Lipinski definition) is 3. The zero-order valence-electron chi connectivity index (χ0n) is 15.2. The first kappa shape index (κ1) is 21.3. The Labute approximate surface area is 155 Å². The fraction of sp³-hybridized carbons (Fsp3) is 0.556. The molecule has 1 aromatic carbocycles. The summed E-state index contributed by atoms with van der Waals surface area (Å²) in [5.74, 6) is -0.172. The summed E-state index contributed by atoms with van der Waals surface area (Å²) in [5, 5.41) is 5.76. The molecule has 6 nitrogen and oxygen atoms in total. The zero-order valence-corrected chi connectivity index (χ0v) is 16.0. The van der Waals surface area contributed by atoms with E-state index in [-0.39, 0.29) is 29.8 Å². The van der Waals surface area contributed by atoms with Gasteiger partial charge in [0.05, 0.1) is 6.04 Å². The van der Waals surface area contributed by atoms with E-state index < -0.39 is 6.04 Å². The summed E-state index contributed by atoms with van der Waals surface area (Å²) in [6.07, 6.45) is 2.13. The van der Waals surface area contributed by atoms with Crippen molar-refractivity contribution in [3.05, 3.63) is 29.8 Å². The van der Waals surface area contributed by atoms with Crippen molar-refractivity contribution in [1.82, 2.24) is 10.2 Å². The normalized spacial score (nSPS) is 15.3. The van der Waals surface area contributed by atoms with Gasteiger partial charge in [0.25, 0.3) is 0 Å². The van der Waals surface area contributed by atoms with Gasteiger partial charge in [-0.05, 0) is 36.0 Å². The Morgan fingerprint density at radius 3 is 2.48 bits per heavy atom. The van der Waals surface area contributed by atoms with Gasteiger partial charge in [-0.15, -0.1) is 12.4 Å². The molecule has 0 spiro atoms. The van der Waals surface area contributed by atoms with Crippen LogP contribution < -0.4 is 16.4 Å². The van der Waals surface area contributed by atoms with E-state index in [2.05, 4.69) is 10.6 Å². The molecule has 0 aliphatic carbocycles. The number of hydrogen-bond donors (Lipinski definition) is 3. The lowest BCUT2D eigenvalue weighted by Gasteiger charge is -2.25. The molecule has 1 aromatic rings. The topological polar surface area (TPSA) is 87.5 Å². The summed E-state index contributed by atoms with van der Waals surface area (Å²) in [5.41, 5.74) is 7.32. The first-order valence-corrected chi connectivity index (χ1v) is 8.45.